The molecule has 19 heavy (non-hydrogen) atoms. The molecule has 104 valence electrons. The summed E-state index contributed by atoms with van der Waals surface area (Å²) in [6, 6.07) is 7.78. The van der Waals surface area contributed by atoms with Gasteiger partial charge in [-0.1, -0.05) is 6.92 Å². The molecular weight excluding hydrogens is 236 g/mol. The van der Waals surface area contributed by atoms with Gasteiger partial charge < -0.3 is 10.2 Å². The predicted molar refractivity (Wildman–Crippen MR) is 79.8 cm³/mol. The Bertz CT molecular complexity index is 405. The standard InChI is InChI=1S/C16H24N2O/c1-3-18-10-8-14(9-11-18)12-17-16-6-4-15(5-7-16)13(2)19/h4-7,14,17H,3,8-12H2,1-2H3. The average molecular weight is 260 g/mol. The van der Waals surface area contributed by atoms with Crippen molar-refractivity contribution in [2.24, 2.45) is 5.92 Å². The minimum absolute atomic E-state index is 0.124. The molecule has 1 N–H and O–H groups in total. The summed E-state index contributed by atoms with van der Waals surface area (Å²) in [5.74, 6) is 0.897. The zero-order chi connectivity index (χ0) is 13.7. The first-order valence-electron chi connectivity index (χ1n) is 7.26. The molecule has 0 aromatic heterocycles. The lowest BCUT2D eigenvalue weighted by atomic mass is 9.97. The number of ketones is 1. The molecule has 0 bridgehead atoms. The van der Waals surface area contributed by atoms with Crippen molar-refractivity contribution in [3.63, 3.8) is 0 Å². The second-order valence-electron chi connectivity index (χ2n) is 5.39. The monoisotopic (exact) mass is 260 g/mol. The lowest BCUT2D eigenvalue weighted by molar-refractivity contribution is 0.101. The number of likely N-dealkylation sites (tertiary alicyclic amines) is 1. The van der Waals surface area contributed by atoms with Crippen LogP contribution in [0.4, 0.5) is 5.69 Å². The maximum Gasteiger partial charge on any atom is 0.159 e. The van der Waals surface area contributed by atoms with Crippen LogP contribution in [-0.2, 0) is 0 Å². The van der Waals surface area contributed by atoms with Crippen LogP contribution in [0, 0.1) is 5.92 Å². The van der Waals surface area contributed by atoms with Crippen LogP contribution in [0.1, 0.15) is 37.0 Å². The molecule has 1 aliphatic rings. The first-order valence-corrected chi connectivity index (χ1v) is 7.26. The number of hydrogen-bond donors (Lipinski definition) is 1. The average Bonchev–Trinajstić information content (AvgIpc) is 2.46. The number of carbonyl (C=O) groups excluding carboxylic acids is 1. The number of benzene rings is 1. The van der Waals surface area contributed by atoms with Crippen molar-refractivity contribution >= 4 is 11.5 Å². The minimum atomic E-state index is 0.124. The summed E-state index contributed by atoms with van der Waals surface area (Å²) in [4.78, 5) is 13.7. The first kappa shape index (κ1) is 14.1. The third-order valence-corrected chi connectivity index (χ3v) is 4.04. The number of Topliss-reactive ketones (excluding diaryl/α,β-unsaturated/α-hetero) is 1. The van der Waals surface area contributed by atoms with E-state index in [1.165, 1.54) is 32.5 Å². The molecule has 0 saturated carbocycles. The highest BCUT2D eigenvalue weighted by molar-refractivity contribution is 5.94. The summed E-state index contributed by atoms with van der Waals surface area (Å²) in [6.45, 7) is 8.50. The van der Waals surface area contributed by atoms with Crippen molar-refractivity contribution in [3.8, 4) is 0 Å². The van der Waals surface area contributed by atoms with Crippen LogP contribution in [0.5, 0.6) is 0 Å². The van der Waals surface area contributed by atoms with Crippen molar-refractivity contribution in [1.29, 1.82) is 0 Å². The third kappa shape index (κ3) is 4.06. The van der Waals surface area contributed by atoms with Gasteiger partial charge in [-0.15, -0.1) is 0 Å². The van der Waals surface area contributed by atoms with E-state index in [0.717, 1.165) is 23.7 Å². The molecule has 3 heteroatoms. The topological polar surface area (TPSA) is 32.3 Å². The Kier molecular flexibility index (Phi) is 4.97. The smallest absolute Gasteiger partial charge is 0.159 e. The van der Waals surface area contributed by atoms with Gasteiger partial charge in [0.1, 0.15) is 0 Å². The fraction of sp³-hybridized carbons (Fsp3) is 0.562. The largest absolute Gasteiger partial charge is 0.385 e. The van der Waals surface area contributed by atoms with Gasteiger partial charge in [-0.25, -0.2) is 0 Å². The molecule has 2 rings (SSSR count). The van der Waals surface area contributed by atoms with E-state index in [2.05, 4.69) is 17.1 Å². The molecule has 1 saturated heterocycles. The van der Waals surface area contributed by atoms with Gasteiger partial charge in [0.2, 0.25) is 0 Å². The molecule has 0 atom stereocenters. The second-order valence-corrected chi connectivity index (χ2v) is 5.39. The van der Waals surface area contributed by atoms with E-state index in [4.69, 9.17) is 0 Å². The molecule has 0 radical (unpaired) electrons. The minimum Gasteiger partial charge on any atom is -0.385 e. The molecule has 1 aromatic carbocycles. The van der Waals surface area contributed by atoms with Gasteiger partial charge in [0.25, 0.3) is 0 Å². The maximum atomic E-state index is 11.2. The van der Waals surface area contributed by atoms with Crippen LogP contribution in [0.2, 0.25) is 0 Å². The molecule has 1 aliphatic heterocycles. The number of hydrogen-bond acceptors (Lipinski definition) is 3. The van der Waals surface area contributed by atoms with Crippen LogP contribution in [0.25, 0.3) is 0 Å². The van der Waals surface area contributed by atoms with E-state index < -0.39 is 0 Å². The quantitative estimate of drug-likeness (QED) is 0.826. The van der Waals surface area contributed by atoms with Gasteiger partial charge in [0.05, 0.1) is 0 Å². The predicted octanol–water partition coefficient (Wildman–Crippen LogP) is 3.03. The first-order chi connectivity index (χ1) is 9.19. The molecule has 1 fully saturated rings. The van der Waals surface area contributed by atoms with Crippen LogP contribution in [-0.4, -0.2) is 36.9 Å². The number of anilines is 1. The van der Waals surface area contributed by atoms with E-state index >= 15 is 0 Å². The highest BCUT2D eigenvalue weighted by Gasteiger charge is 2.17. The third-order valence-electron chi connectivity index (χ3n) is 4.04. The molecule has 0 aliphatic carbocycles. The lowest BCUT2D eigenvalue weighted by Crippen LogP contribution is -2.35. The molecular formula is C16H24N2O. The maximum absolute atomic E-state index is 11.2. The molecule has 0 amide bonds. The van der Waals surface area contributed by atoms with Crippen molar-refractivity contribution in [2.45, 2.75) is 26.7 Å². The van der Waals surface area contributed by atoms with Crippen LogP contribution >= 0.6 is 0 Å². The summed E-state index contributed by atoms with van der Waals surface area (Å²) >= 11 is 0. The van der Waals surface area contributed by atoms with Gasteiger partial charge in [0, 0.05) is 17.8 Å². The number of piperidine rings is 1. The van der Waals surface area contributed by atoms with Gasteiger partial charge in [-0.05, 0) is 69.6 Å². The normalized spacial score (nSPS) is 17.4. The van der Waals surface area contributed by atoms with E-state index in [0.29, 0.717) is 0 Å². The fourth-order valence-electron chi connectivity index (χ4n) is 2.59. The summed E-state index contributed by atoms with van der Waals surface area (Å²) in [6.07, 6.45) is 2.57. The number of nitrogens with zero attached hydrogens (tertiary/aromatic N) is 1. The molecule has 1 aromatic rings. The Morgan fingerprint density at radius 2 is 1.89 bits per heavy atom. The number of carbonyl (C=O) groups is 1. The highest BCUT2D eigenvalue weighted by atomic mass is 16.1. The summed E-state index contributed by atoms with van der Waals surface area (Å²) in [5.41, 5.74) is 1.89. The van der Waals surface area contributed by atoms with Crippen molar-refractivity contribution in [3.05, 3.63) is 29.8 Å². The van der Waals surface area contributed by atoms with E-state index in [1.807, 2.05) is 24.3 Å². The van der Waals surface area contributed by atoms with Crippen molar-refractivity contribution < 1.29 is 4.79 Å². The molecule has 0 unspecified atom stereocenters. The Morgan fingerprint density at radius 1 is 1.26 bits per heavy atom. The van der Waals surface area contributed by atoms with E-state index in [1.54, 1.807) is 6.92 Å². The van der Waals surface area contributed by atoms with E-state index in [-0.39, 0.29) is 5.78 Å². The van der Waals surface area contributed by atoms with Crippen LogP contribution in [0.3, 0.4) is 0 Å². The van der Waals surface area contributed by atoms with Gasteiger partial charge in [0.15, 0.2) is 5.78 Å². The molecule has 1 heterocycles. The number of nitrogens with one attached hydrogen (secondary N) is 1. The van der Waals surface area contributed by atoms with Crippen LogP contribution in [0.15, 0.2) is 24.3 Å². The van der Waals surface area contributed by atoms with E-state index in [9.17, 15) is 4.79 Å². The van der Waals surface area contributed by atoms with Crippen molar-refractivity contribution in [2.75, 3.05) is 31.5 Å². The van der Waals surface area contributed by atoms with Gasteiger partial charge in [-0.2, -0.15) is 0 Å². The molecule has 0 spiro atoms. The Hall–Kier alpha value is -1.35. The Labute approximate surface area is 116 Å². The zero-order valence-corrected chi connectivity index (χ0v) is 12.0. The second kappa shape index (κ2) is 6.71. The SMILES string of the molecule is CCN1CCC(CNc2ccc(C(C)=O)cc2)CC1. The Morgan fingerprint density at radius 3 is 2.42 bits per heavy atom. The summed E-state index contributed by atoms with van der Waals surface area (Å²) in [5, 5.41) is 3.48. The van der Waals surface area contributed by atoms with Crippen LogP contribution < -0.4 is 5.32 Å². The fourth-order valence-corrected chi connectivity index (χ4v) is 2.59. The number of rotatable bonds is 5. The Balaban J connectivity index is 1.78. The lowest BCUT2D eigenvalue weighted by Gasteiger charge is -2.31. The molecule has 3 nitrogen and oxygen atoms in total. The van der Waals surface area contributed by atoms with Gasteiger partial charge in [-0.3, -0.25) is 4.79 Å². The zero-order valence-electron chi connectivity index (χ0n) is 12.0. The summed E-state index contributed by atoms with van der Waals surface area (Å²) in [7, 11) is 0. The highest BCUT2D eigenvalue weighted by Crippen LogP contribution is 2.18. The van der Waals surface area contributed by atoms with Crippen molar-refractivity contribution in [1.82, 2.24) is 4.90 Å². The summed E-state index contributed by atoms with van der Waals surface area (Å²) < 4.78 is 0. The van der Waals surface area contributed by atoms with Gasteiger partial charge >= 0.3 is 0 Å².